The molecule has 0 saturated carbocycles. The van der Waals surface area contributed by atoms with E-state index in [0.717, 1.165) is 32.0 Å². The van der Waals surface area contributed by atoms with Crippen LogP contribution >= 0.6 is 0 Å². The zero-order valence-corrected chi connectivity index (χ0v) is 9.60. The Bertz CT molecular complexity index is 453. The van der Waals surface area contributed by atoms with Crippen LogP contribution in [0.3, 0.4) is 0 Å². The number of fused-ring (bicyclic) bond motifs is 1. The summed E-state index contributed by atoms with van der Waals surface area (Å²) in [6.45, 7) is 1.82. The predicted octanol–water partition coefficient (Wildman–Crippen LogP) is 1.89. The molecule has 1 saturated heterocycles. The normalized spacial score (nSPS) is 26.2. The molecule has 0 unspecified atom stereocenters. The summed E-state index contributed by atoms with van der Waals surface area (Å²) in [7, 11) is 0. The van der Waals surface area contributed by atoms with Gasteiger partial charge in [-0.05, 0) is 55.0 Å². The molecular formula is C13H16F2N2. The summed E-state index contributed by atoms with van der Waals surface area (Å²) in [6.07, 6.45) is 2.52. The molecule has 1 fully saturated rings. The molecule has 4 heteroatoms. The van der Waals surface area contributed by atoms with E-state index in [1.165, 1.54) is 6.07 Å². The van der Waals surface area contributed by atoms with E-state index in [1.54, 1.807) is 0 Å². The van der Waals surface area contributed by atoms with E-state index in [0.29, 0.717) is 17.5 Å². The highest BCUT2D eigenvalue weighted by Gasteiger charge is 2.45. The van der Waals surface area contributed by atoms with Crippen LogP contribution in [0.4, 0.5) is 8.78 Å². The second-order valence-corrected chi connectivity index (χ2v) is 5.22. The quantitative estimate of drug-likeness (QED) is 0.724. The SMILES string of the molecule is N[C@@H]1c2cc(F)cc(F)c2CC12CCNCC2. The van der Waals surface area contributed by atoms with Gasteiger partial charge in [0.05, 0.1) is 0 Å². The van der Waals surface area contributed by atoms with Gasteiger partial charge in [-0.2, -0.15) is 0 Å². The predicted molar refractivity (Wildman–Crippen MR) is 61.5 cm³/mol. The second-order valence-electron chi connectivity index (χ2n) is 5.22. The van der Waals surface area contributed by atoms with Gasteiger partial charge in [0.2, 0.25) is 0 Å². The largest absolute Gasteiger partial charge is 0.323 e. The number of halogens is 2. The number of nitrogens with two attached hydrogens (primary N) is 1. The molecular weight excluding hydrogens is 222 g/mol. The fourth-order valence-corrected chi connectivity index (χ4v) is 3.29. The Hall–Kier alpha value is -1.00. The fourth-order valence-electron chi connectivity index (χ4n) is 3.29. The third-order valence-corrected chi connectivity index (χ3v) is 4.32. The van der Waals surface area contributed by atoms with Gasteiger partial charge in [-0.25, -0.2) is 8.78 Å². The molecule has 1 aliphatic heterocycles. The van der Waals surface area contributed by atoms with Gasteiger partial charge >= 0.3 is 0 Å². The summed E-state index contributed by atoms with van der Waals surface area (Å²) in [6, 6.07) is 2.13. The van der Waals surface area contributed by atoms with Gasteiger partial charge in [-0.3, -0.25) is 0 Å². The van der Waals surface area contributed by atoms with E-state index in [1.807, 2.05) is 0 Å². The van der Waals surface area contributed by atoms with Gasteiger partial charge < -0.3 is 11.1 Å². The Kier molecular flexibility index (Phi) is 2.45. The van der Waals surface area contributed by atoms with Gasteiger partial charge in [0.15, 0.2) is 0 Å². The van der Waals surface area contributed by atoms with Crippen LogP contribution in [0.1, 0.15) is 30.0 Å². The molecule has 0 amide bonds. The first-order chi connectivity index (χ1) is 8.12. The minimum atomic E-state index is -0.525. The average Bonchev–Trinajstić information content (AvgIpc) is 2.56. The van der Waals surface area contributed by atoms with Crippen molar-refractivity contribution in [3.8, 4) is 0 Å². The third-order valence-electron chi connectivity index (χ3n) is 4.32. The molecule has 1 atom stereocenters. The fraction of sp³-hybridized carbons (Fsp3) is 0.538. The van der Waals surface area contributed by atoms with Gasteiger partial charge in [0.1, 0.15) is 11.6 Å². The molecule has 1 heterocycles. The van der Waals surface area contributed by atoms with Crippen molar-refractivity contribution in [2.75, 3.05) is 13.1 Å². The third kappa shape index (κ3) is 1.58. The standard InChI is InChI=1S/C13H16F2N2/c14-8-5-9-10(11(15)6-8)7-13(12(9)16)1-3-17-4-2-13/h5-6,12,17H,1-4,7,16H2/t12-/m1/s1. The van der Waals surface area contributed by atoms with Crippen molar-refractivity contribution in [2.45, 2.75) is 25.3 Å². The maximum atomic E-state index is 13.8. The van der Waals surface area contributed by atoms with Crippen molar-refractivity contribution in [3.63, 3.8) is 0 Å². The molecule has 3 rings (SSSR count). The van der Waals surface area contributed by atoms with Crippen molar-refractivity contribution in [1.82, 2.24) is 5.32 Å². The van der Waals surface area contributed by atoms with Crippen molar-refractivity contribution < 1.29 is 8.78 Å². The lowest BCUT2D eigenvalue weighted by molar-refractivity contribution is 0.173. The highest BCUT2D eigenvalue weighted by atomic mass is 19.1. The Morgan fingerprint density at radius 2 is 1.94 bits per heavy atom. The Labute approximate surface area is 99.2 Å². The van der Waals surface area contributed by atoms with Crippen LogP contribution in [0.25, 0.3) is 0 Å². The first-order valence-electron chi connectivity index (χ1n) is 6.06. The lowest BCUT2D eigenvalue weighted by Crippen LogP contribution is -2.42. The van der Waals surface area contributed by atoms with Crippen molar-refractivity contribution in [2.24, 2.45) is 11.1 Å². The number of nitrogens with one attached hydrogen (secondary N) is 1. The number of benzene rings is 1. The molecule has 1 aromatic carbocycles. The van der Waals surface area contributed by atoms with E-state index in [-0.39, 0.29) is 11.5 Å². The monoisotopic (exact) mass is 238 g/mol. The van der Waals surface area contributed by atoms with Gasteiger partial charge in [-0.15, -0.1) is 0 Å². The maximum Gasteiger partial charge on any atom is 0.129 e. The summed E-state index contributed by atoms with van der Waals surface area (Å²) < 4.78 is 27.0. The summed E-state index contributed by atoms with van der Waals surface area (Å²) in [4.78, 5) is 0. The van der Waals surface area contributed by atoms with E-state index >= 15 is 0 Å². The molecule has 2 aliphatic rings. The number of piperidine rings is 1. The molecule has 0 radical (unpaired) electrons. The lowest BCUT2D eigenvalue weighted by atomic mass is 9.73. The topological polar surface area (TPSA) is 38.0 Å². The molecule has 1 aliphatic carbocycles. The van der Waals surface area contributed by atoms with Crippen LogP contribution in [0.2, 0.25) is 0 Å². The van der Waals surface area contributed by atoms with Crippen LogP contribution in [0.15, 0.2) is 12.1 Å². The summed E-state index contributed by atoms with van der Waals surface area (Å²) in [5.41, 5.74) is 7.46. The van der Waals surface area contributed by atoms with Crippen LogP contribution < -0.4 is 11.1 Å². The van der Waals surface area contributed by atoms with E-state index in [4.69, 9.17) is 5.73 Å². The summed E-state index contributed by atoms with van der Waals surface area (Å²) >= 11 is 0. The molecule has 1 aromatic rings. The summed E-state index contributed by atoms with van der Waals surface area (Å²) in [5, 5.41) is 3.29. The zero-order valence-electron chi connectivity index (χ0n) is 9.60. The highest BCUT2D eigenvalue weighted by molar-refractivity contribution is 5.39. The zero-order chi connectivity index (χ0) is 12.0. The van der Waals surface area contributed by atoms with Crippen LogP contribution in [0, 0.1) is 17.0 Å². The smallest absolute Gasteiger partial charge is 0.129 e. The van der Waals surface area contributed by atoms with Gasteiger partial charge in [0, 0.05) is 12.1 Å². The van der Waals surface area contributed by atoms with Gasteiger partial charge in [-0.1, -0.05) is 0 Å². The second kappa shape index (κ2) is 3.75. The minimum Gasteiger partial charge on any atom is -0.323 e. The number of rotatable bonds is 0. The average molecular weight is 238 g/mol. The van der Waals surface area contributed by atoms with E-state index < -0.39 is 11.6 Å². The summed E-state index contributed by atoms with van der Waals surface area (Å²) in [5.74, 6) is -0.964. The van der Waals surface area contributed by atoms with Gasteiger partial charge in [0.25, 0.3) is 0 Å². The van der Waals surface area contributed by atoms with Crippen LogP contribution in [-0.2, 0) is 6.42 Å². The molecule has 17 heavy (non-hydrogen) atoms. The first kappa shape index (κ1) is 11.1. The molecule has 1 spiro atoms. The molecule has 0 aromatic heterocycles. The maximum absolute atomic E-state index is 13.8. The van der Waals surface area contributed by atoms with Crippen molar-refractivity contribution >= 4 is 0 Å². The molecule has 92 valence electrons. The molecule has 2 nitrogen and oxygen atoms in total. The van der Waals surface area contributed by atoms with E-state index in [2.05, 4.69) is 5.32 Å². The number of hydrogen-bond donors (Lipinski definition) is 2. The number of hydrogen-bond acceptors (Lipinski definition) is 2. The highest BCUT2D eigenvalue weighted by Crippen LogP contribution is 2.50. The van der Waals surface area contributed by atoms with Crippen molar-refractivity contribution in [3.05, 3.63) is 34.9 Å². The molecule has 0 bridgehead atoms. The minimum absolute atomic E-state index is 0.0672. The Morgan fingerprint density at radius 3 is 2.65 bits per heavy atom. The van der Waals surface area contributed by atoms with Crippen LogP contribution in [0.5, 0.6) is 0 Å². The Morgan fingerprint density at radius 1 is 1.24 bits per heavy atom. The van der Waals surface area contributed by atoms with Crippen molar-refractivity contribution in [1.29, 1.82) is 0 Å². The van der Waals surface area contributed by atoms with E-state index in [9.17, 15) is 8.78 Å². The Balaban J connectivity index is 2.04. The first-order valence-corrected chi connectivity index (χ1v) is 6.06. The lowest BCUT2D eigenvalue weighted by Gasteiger charge is -2.37. The molecule has 3 N–H and O–H groups in total. The van der Waals surface area contributed by atoms with Crippen LogP contribution in [-0.4, -0.2) is 13.1 Å².